The third-order valence-electron chi connectivity index (χ3n) is 4.01. The number of nitrogens with one attached hydrogen (secondary N) is 1. The molecule has 23 heavy (non-hydrogen) atoms. The van der Waals surface area contributed by atoms with E-state index in [0.29, 0.717) is 6.42 Å². The van der Waals surface area contributed by atoms with E-state index in [1.807, 2.05) is 50.4 Å². The Morgan fingerprint density at radius 2 is 2.00 bits per heavy atom. The van der Waals surface area contributed by atoms with Crippen LogP contribution >= 0.6 is 0 Å². The Morgan fingerprint density at radius 3 is 2.78 bits per heavy atom. The van der Waals surface area contributed by atoms with Gasteiger partial charge < -0.3 is 4.90 Å². The third-order valence-corrected chi connectivity index (χ3v) is 4.01. The molecule has 0 aliphatic heterocycles. The SMILES string of the molecule is Cc1ccc(N(C)C(=O)CCCc2n[nH]c3ncccc23)cc1. The van der Waals surface area contributed by atoms with Crippen molar-refractivity contribution in [3.05, 3.63) is 53.9 Å². The largest absolute Gasteiger partial charge is 0.316 e. The highest BCUT2D eigenvalue weighted by atomic mass is 16.2. The molecule has 0 fully saturated rings. The van der Waals surface area contributed by atoms with E-state index < -0.39 is 0 Å². The molecule has 0 aliphatic rings. The van der Waals surface area contributed by atoms with Crippen molar-refractivity contribution in [1.29, 1.82) is 0 Å². The highest BCUT2D eigenvalue weighted by Gasteiger charge is 2.12. The van der Waals surface area contributed by atoms with Crippen LogP contribution in [0.1, 0.15) is 24.1 Å². The van der Waals surface area contributed by atoms with Crippen molar-refractivity contribution in [2.45, 2.75) is 26.2 Å². The number of carbonyl (C=O) groups is 1. The van der Waals surface area contributed by atoms with Crippen LogP contribution in [0.4, 0.5) is 5.69 Å². The van der Waals surface area contributed by atoms with Crippen molar-refractivity contribution in [2.24, 2.45) is 0 Å². The van der Waals surface area contributed by atoms with Crippen LogP contribution in [0.5, 0.6) is 0 Å². The monoisotopic (exact) mass is 308 g/mol. The summed E-state index contributed by atoms with van der Waals surface area (Å²) >= 11 is 0. The summed E-state index contributed by atoms with van der Waals surface area (Å²) in [5.41, 5.74) is 3.88. The van der Waals surface area contributed by atoms with E-state index in [1.54, 1.807) is 11.1 Å². The quantitative estimate of drug-likeness (QED) is 0.787. The van der Waals surface area contributed by atoms with Crippen molar-refractivity contribution in [3.8, 4) is 0 Å². The number of aromatic nitrogens is 3. The standard InChI is InChI=1S/C18H20N4O/c1-13-8-10-14(11-9-13)22(2)17(23)7-3-6-16-15-5-4-12-19-18(15)21-20-16/h4-5,8-12H,3,6-7H2,1-2H3,(H,19,20,21). The van der Waals surface area contributed by atoms with Gasteiger partial charge in [-0.3, -0.25) is 9.89 Å². The van der Waals surface area contributed by atoms with E-state index in [0.717, 1.165) is 35.3 Å². The van der Waals surface area contributed by atoms with Crippen molar-refractivity contribution >= 4 is 22.6 Å². The molecule has 0 saturated heterocycles. The molecule has 3 rings (SSSR count). The van der Waals surface area contributed by atoms with Gasteiger partial charge in [0.25, 0.3) is 0 Å². The summed E-state index contributed by atoms with van der Waals surface area (Å²) in [4.78, 5) is 18.2. The molecule has 0 aliphatic carbocycles. The topological polar surface area (TPSA) is 61.9 Å². The lowest BCUT2D eigenvalue weighted by molar-refractivity contribution is -0.118. The highest BCUT2D eigenvalue weighted by Crippen LogP contribution is 2.17. The maximum Gasteiger partial charge on any atom is 0.226 e. The van der Waals surface area contributed by atoms with Gasteiger partial charge in [-0.15, -0.1) is 0 Å². The van der Waals surface area contributed by atoms with Crippen molar-refractivity contribution in [1.82, 2.24) is 15.2 Å². The Hall–Kier alpha value is -2.69. The number of amides is 1. The van der Waals surface area contributed by atoms with Gasteiger partial charge in [-0.25, -0.2) is 4.98 Å². The Labute approximate surface area is 135 Å². The van der Waals surface area contributed by atoms with Crippen LogP contribution in [0.2, 0.25) is 0 Å². The van der Waals surface area contributed by atoms with E-state index in [9.17, 15) is 4.79 Å². The van der Waals surface area contributed by atoms with E-state index in [2.05, 4.69) is 15.2 Å². The van der Waals surface area contributed by atoms with Crippen LogP contribution in [0.15, 0.2) is 42.6 Å². The summed E-state index contributed by atoms with van der Waals surface area (Å²) in [5, 5.41) is 8.25. The fourth-order valence-electron chi connectivity index (χ4n) is 2.59. The smallest absolute Gasteiger partial charge is 0.226 e. The number of rotatable bonds is 5. The number of carbonyl (C=O) groups excluding carboxylic acids is 1. The minimum atomic E-state index is 0.117. The van der Waals surface area contributed by atoms with Gasteiger partial charge in [0, 0.05) is 30.7 Å². The number of fused-ring (bicyclic) bond motifs is 1. The molecule has 1 N–H and O–H groups in total. The fraction of sp³-hybridized carbons (Fsp3) is 0.278. The Bertz CT molecular complexity index is 807. The highest BCUT2D eigenvalue weighted by molar-refractivity contribution is 5.92. The number of hydrogen-bond acceptors (Lipinski definition) is 3. The van der Waals surface area contributed by atoms with Gasteiger partial charge in [0.1, 0.15) is 0 Å². The van der Waals surface area contributed by atoms with Crippen molar-refractivity contribution in [2.75, 3.05) is 11.9 Å². The maximum absolute atomic E-state index is 12.3. The molecule has 0 radical (unpaired) electrons. The van der Waals surface area contributed by atoms with Gasteiger partial charge in [0.2, 0.25) is 5.91 Å². The van der Waals surface area contributed by atoms with Crippen LogP contribution in [0.3, 0.4) is 0 Å². The number of anilines is 1. The number of pyridine rings is 1. The van der Waals surface area contributed by atoms with Crippen LogP contribution in [-0.4, -0.2) is 28.1 Å². The van der Waals surface area contributed by atoms with Gasteiger partial charge in [-0.1, -0.05) is 17.7 Å². The molecule has 1 aromatic carbocycles. The molecule has 2 heterocycles. The fourth-order valence-corrected chi connectivity index (χ4v) is 2.59. The molecule has 0 saturated carbocycles. The molecule has 118 valence electrons. The second-order valence-electron chi connectivity index (χ2n) is 5.71. The molecule has 0 spiro atoms. The first-order valence-electron chi connectivity index (χ1n) is 7.76. The summed E-state index contributed by atoms with van der Waals surface area (Å²) in [5.74, 6) is 0.117. The molecule has 0 atom stereocenters. The molecular weight excluding hydrogens is 288 g/mol. The summed E-state index contributed by atoms with van der Waals surface area (Å²) in [7, 11) is 1.82. The van der Waals surface area contributed by atoms with Gasteiger partial charge in [0.05, 0.1) is 5.69 Å². The number of aryl methyl sites for hydroxylation is 2. The second-order valence-corrected chi connectivity index (χ2v) is 5.71. The van der Waals surface area contributed by atoms with Crippen LogP contribution < -0.4 is 4.90 Å². The average molecular weight is 308 g/mol. The molecule has 2 aromatic heterocycles. The Balaban J connectivity index is 1.57. The first-order chi connectivity index (χ1) is 11.1. The Kier molecular flexibility index (Phi) is 4.37. The zero-order valence-electron chi connectivity index (χ0n) is 13.4. The molecule has 3 aromatic rings. The van der Waals surface area contributed by atoms with Gasteiger partial charge in [-0.2, -0.15) is 5.10 Å². The summed E-state index contributed by atoms with van der Waals surface area (Å²) in [6.45, 7) is 2.04. The second kappa shape index (κ2) is 6.60. The lowest BCUT2D eigenvalue weighted by atomic mass is 10.1. The molecule has 0 bridgehead atoms. The number of hydrogen-bond donors (Lipinski definition) is 1. The predicted molar refractivity (Wildman–Crippen MR) is 91.4 cm³/mol. The van der Waals surface area contributed by atoms with Crippen LogP contribution in [0.25, 0.3) is 11.0 Å². The molecule has 1 amide bonds. The average Bonchev–Trinajstić information content (AvgIpc) is 2.98. The van der Waals surface area contributed by atoms with Crippen molar-refractivity contribution < 1.29 is 4.79 Å². The predicted octanol–water partition coefficient (Wildman–Crippen LogP) is 3.25. The summed E-state index contributed by atoms with van der Waals surface area (Å²) in [6, 6.07) is 11.9. The number of aromatic amines is 1. The van der Waals surface area contributed by atoms with Gasteiger partial charge >= 0.3 is 0 Å². The van der Waals surface area contributed by atoms with Gasteiger partial charge in [0.15, 0.2) is 5.65 Å². The first kappa shape index (κ1) is 15.2. The lowest BCUT2D eigenvalue weighted by Crippen LogP contribution is -2.25. The number of H-pyrrole nitrogens is 1. The lowest BCUT2D eigenvalue weighted by Gasteiger charge is -2.17. The molecular formula is C18H20N4O. The van der Waals surface area contributed by atoms with Crippen LogP contribution in [-0.2, 0) is 11.2 Å². The maximum atomic E-state index is 12.3. The summed E-state index contributed by atoms with van der Waals surface area (Å²) < 4.78 is 0. The number of nitrogens with zero attached hydrogens (tertiary/aromatic N) is 3. The van der Waals surface area contributed by atoms with Crippen molar-refractivity contribution in [3.63, 3.8) is 0 Å². The van der Waals surface area contributed by atoms with E-state index in [-0.39, 0.29) is 5.91 Å². The van der Waals surface area contributed by atoms with E-state index in [4.69, 9.17) is 0 Å². The third kappa shape index (κ3) is 3.39. The van der Waals surface area contributed by atoms with Gasteiger partial charge in [-0.05, 0) is 44.0 Å². The number of benzene rings is 1. The van der Waals surface area contributed by atoms with E-state index >= 15 is 0 Å². The normalized spacial score (nSPS) is 10.9. The Morgan fingerprint density at radius 1 is 1.22 bits per heavy atom. The van der Waals surface area contributed by atoms with Crippen LogP contribution in [0, 0.1) is 6.92 Å². The van der Waals surface area contributed by atoms with E-state index in [1.165, 1.54) is 5.56 Å². The molecule has 5 nitrogen and oxygen atoms in total. The zero-order valence-corrected chi connectivity index (χ0v) is 13.4. The zero-order chi connectivity index (χ0) is 16.2. The molecule has 0 unspecified atom stereocenters. The minimum Gasteiger partial charge on any atom is -0.316 e. The summed E-state index contributed by atoms with van der Waals surface area (Å²) in [6.07, 6.45) is 3.77. The first-order valence-corrected chi connectivity index (χ1v) is 7.76. The molecule has 5 heteroatoms. The minimum absolute atomic E-state index is 0.117.